The summed E-state index contributed by atoms with van der Waals surface area (Å²) in [5.41, 5.74) is -0.754. The lowest BCUT2D eigenvalue weighted by molar-refractivity contribution is -0.319. The van der Waals surface area contributed by atoms with Crippen LogP contribution in [0.5, 0.6) is 0 Å². The molecule has 3 rings (SSSR count). The second kappa shape index (κ2) is 4.42. The molecule has 3 aliphatic heterocycles. The minimum atomic E-state index is -0.754. The van der Waals surface area contributed by atoms with Gasteiger partial charge in [-0.1, -0.05) is 13.8 Å². The standard InChI is InChI=1S/C12H17ClO5/c1-6-8(14)7(2)12(4-3-5-13)11-15-10(17-18-11)9(6)16-12/h6-7,9-11H,3-5H2,1-2H3/t6-,7+,9+,10+,11-,12-/m0/s1. The van der Waals surface area contributed by atoms with E-state index in [0.717, 1.165) is 6.42 Å². The number of rotatable bonds is 3. The minimum absolute atomic E-state index is 0.188. The maximum absolute atomic E-state index is 12.3. The van der Waals surface area contributed by atoms with Crippen LogP contribution < -0.4 is 0 Å². The molecule has 0 spiro atoms. The van der Waals surface area contributed by atoms with Crippen LogP contribution in [0.15, 0.2) is 0 Å². The van der Waals surface area contributed by atoms with Crippen LogP contribution in [0, 0.1) is 11.8 Å². The van der Waals surface area contributed by atoms with Crippen LogP contribution in [0.1, 0.15) is 26.7 Å². The Hall–Kier alpha value is -0.200. The summed E-state index contributed by atoms with van der Waals surface area (Å²) in [6.07, 6.45) is -0.233. The Morgan fingerprint density at radius 3 is 2.83 bits per heavy atom. The lowest BCUT2D eigenvalue weighted by Gasteiger charge is -2.51. The predicted octanol–water partition coefficient (Wildman–Crippen LogP) is 1.63. The molecule has 0 N–H and O–H groups in total. The summed E-state index contributed by atoms with van der Waals surface area (Å²) in [4.78, 5) is 22.7. The normalized spacial score (nSPS) is 50.6. The highest BCUT2D eigenvalue weighted by atomic mass is 35.5. The third kappa shape index (κ3) is 1.58. The molecule has 5 nitrogen and oxygen atoms in total. The number of ketones is 1. The first-order valence-electron chi connectivity index (χ1n) is 6.35. The zero-order valence-electron chi connectivity index (χ0n) is 10.4. The lowest BCUT2D eigenvalue weighted by Crippen LogP contribution is -2.66. The van der Waals surface area contributed by atoms with Crippen molar-refractivity contribution in [2.45, 2.75) is 51.0 Å². The van der Waals surface area contributed by atoms with Crippen molar-refractivity contribution in [3.8, 4) is 0 Å². The van der Waals surface area contributed by atoms with E-state index in [1.807, 2.05) is 13.8 Å². The van der Waals surface area contributed by atoms with Gasteiger partial charge in [0, 0.05) is 17.7 Å². The Kier molecular flexibility index (Phi) is 3.15. The maximum atomic E-state index is 12.3. The Labute approximate surface area is 111 Å². The number of hydrogen-bond acceptors (Lipinski definition) is 5. The number of alkyl halides is 1. The van der Waals surface area contributed by atoms with Crippen LogP contribution >= 0.6 is 11.6 Å². The van der Waals surface area contributed by atoms with E-state index in [1.165, 1.54) is 0 Å². The molecule has 0 aliphatic carbocycles. The first-order chi connectivity index (χ1) is 8.60. The Morgan fingerprint density at radius 1 is 1.33 bits per heavy atom. The van der Waals surface area contributed by atoms with Crippen LogP contribution in [0.25, 0.3) is 0 Å². The fourth-order valence-corrected chi connectivity index (χ4v) is 3.28. The van der Waals surface area contributed by atoms with E-state index in [9.17, 15) is 4.79 Å². The first kappa shape index (κ1) is 12.8. The van der Waals surface area contributed by atoms with Gasteiger partial charge in [-0.15, -0.1) is 11.6 Å². The van der Waals surface area contributed by atoms with Crippen LogP contribution in [0.4, 0.5) is 0 Å². The Morgan fingerprint density at radius 2 is 2.11 bits per heavy atom. The van der Waals surface area contributed by atoms with Gasteiger partial charge in [-0.05, 0) is 12.8 Å². The van der Waals surface area contributed by atoms with Gasteiger partial charge in [0.2, 0.25) is 12.6 Å². The highest BCUT2D eigenvalue weighted by molar-refractivity contribution is 6.17. The quantitative estimate of drug-likeness (QED) is 0.579. The van der Waals surface area contributed by atoms with Gasteiger partial charge in [-0.3, -0.25) is 4.79 Å². The molecule has 3 saturated heterocycles. The Balaban J connectivity index is 1.95. The summed E-state index contributed by atoms with van der Waals surface area (Å²) in [5, 5.41) is 0. The highest BCUT2D eigenvalue weighted by Crippen LogP contribution is 2.49. The number of fused-ring (bicyclic) bond motifs is 6. The third-order valence-corrected chi connectivity index (χ3v) is 4.59. The molecular weight excluding hydrogens is 260 g/mol. The smallest absolute Gasteiger partial charge is 0.223 e. The van der Waals surface area contributed by atoms with Gasteiger partial charge in [0.1, 0.15) is 17.5 Å². The fraction of sp³-hybridized carbons (Fsp3) is 0.917. The second-order valence-corrected chi connectivity index (χ2v) is 5.65. The molecule has 0 aromatic carbocycles. The molecule has 3 fully saturated rings. The average molecular weight is 277 g/mol. The second-order valence-electron chi connectivity index (χ2n) is 5.27. The number of ether oxygens (including phenoxy) is 2. The van der Waals surface area contributed by atoms with E-state index < -0.39 is 18.2 Å². The fourth-order valence-electron chi connectivity index (χ4n) is 3.14. The van der Waals surface area contributed by atoms with Gasteiger partial charge < -0.3 is 9.47 Å². The van der Waals surface area contributed by atoms with Crippen molar-refractivity contribution in [3.05, 3.63) is 0 Å². The topological polar surface area (TPSA) is 54.0 Å². The summed E-state index contributed by atoms with van der Waals surface area (Å²) >= 11 is 5.75. The van der Waals surface area contributed by atoms with Crippen LogP contribution in [-0.4, -0.2) is 35.9 Å². The predicted molar refractivity (Wildman–Crippen MR) is 61.7 cm³/mol. The van der Waals surface area contributed by atoms with Crippen molar-refractivity contribution in [2.24, 2.45) is 11.8 Å². The summed E-state index contributed by atoms with van der Waals surface area (Å²) in [6.45, 7) is 3.72. The van der Waals surface area contributed by atoms with Gasteiger partial charge in [-0.25, -0.2) is 0 Å². The van der Waals surface area contributed by atoms with Gasteiger partial charge in [0.15, 0.2) is 0 Å². The molecular formula is C12H17ClO5. The molecule has 0 saturated carbocycles. The van der Waals surface area contributed by atoms with Crippen molar-refractivity contribution >= 4 is 17.4 Å². The number of Topliss-reactive ketones (excluding diaryl/α,β-unsaturated/α-hetero) is 1. The van der Waals surface area contributed by atoms with E-state index in [0.29, 0.717) is 12.3 Å². The zero-order chi connectivity index (χ0) is 12.9. The summed E-state index contributed by atoms with van der Waals surface area (Å²) in [7, 11) is 0. The number of halogens is 1. The molecule has 0 aromatic heterocycles. The van der Waals surface area contributed by atoms with Crippen molar-refractivity contribution in [1.82, 2.24) is 0 Å². The third-order valence-electron chi connectivity index (χ3n) is 4.32. The van der Waals surface area contributed by atoms with Crippen molar-refractivity contribution < 1.29 is 24.0 Å². The van der Waals surface area contributed by atoms with Crippen molar-refractivity contribution in [2.75, 3.05) is 5.88 Å². The van der Waals surface area contributed by atoms with Gasteiger partial charge in [-0.2, -0.15) is 9.78 Å². The van der Waals surface area contributed by atoms with Gasteiger partial charge >= 0.3 is 0 Å². The first-order valence-corrected chi connectivity index (χ1v) is 6.88. The largest absolute Gasteiger partial charge is 0.359 e. The summed E-state index contributed by atoms with van der Waals surface area (Å²) < 4.78 is 11.8. The molecule has 0 amide bonds. The molecule has 18 heavy (non-hydrogen) atoms. The van der Waals surface area contributed by atoms with Crippen molar-refractivity contribution in [3.63, 3.8) is 0 Å². The van der Waals surface area contributed by atoms with E-state index >= 15 is 0 Å². The minimum Gasteiger partial charge on any atom is -0.359 e. The molecule has 0 radical (unpaired) electrons. The van der Waals surface area contributed by atoms with E-state index in [2.05, 4.69) is 0 Å². The SMILES string of the molecule is C[C@@H]1C(=O)[C@H](C)[C@H]2O[C@]1(CCCCl)[C@@H]1OO[C@H]2O1. The molecule has 3 aliphatic rings. The molecule has 6 atom stereocenters. The van der Waals surface area contributed by atoms with E-state index in [-0.39, 0.29) is 23.7 Å². The average Bonchev–Trinajstić information content (AvgIpc) is 2.81. The van der Waals surface area contributed by atoms with Crippen LogP contribution in [0.3, 0.4) is 0 Å². The van der Waals surface area contributed by atoms with Gasteiger partial charge in [0.25, 0.3) is 0 Å². The monoisotopic (exact) mass is 276 g/mol. The van der Waals surface area contributed by atoms with E-state index in [1.54, 1.807) is 0 Å². The Bertz CT molecular complexity index is 362. The summed E-state index contributed by atoms with van der Waals surface area (Å²) in [5.74, 6) is 0.188. The number of carbonyl (C=O) groups excluding carboxylic acids is 1. The molecule has 4 bridgehead atoms. The number of carbonyl (C=O) groups is 1. The van der Waals surface area contributed by atoms with Crippen molar-refractivity contribution in [1.29, 1.82) is 0 Å². The van der Waals surface area contributed by atoms with Crippen LogP contribution in [0.2, 0.25) is 0 Å². The van der Waals surface area contributed by atoms with Gasteiger partial charge in [0.05, 0.1) is 0 Å². The summed E-state index contributed by atoms with van der Waals surface area (Å²) in [6, 6.07) is 0. The molecule has 3 heterocycles. The molecule has 0 aromatic rings. The molecule has 0 unspecified atom stereocenters. The molecule has 102 valence electrons. The van der Waals surface area contributed by atoms with Crippen LogP contribution in [-0.2, 0) is 24.0 Å². The molecule has 6 heteroatoms. The van der Waals surface area contributed by atoms with E-state index in [4.69, 9.17) is 30.8 Å². The number of hydrogen-bond donors (Lipinski definition) is 0. The lowest BCUT2D eigenvalue weighted by atomic mass is 9.72. The highest BCUT2D eigenvalue weighted by Gasteiger charge is 2.65. The zero-order valence-corrected chi connectivity index (χ0v) is 11.2. The maximum Gasteiger partial charge on any atom is 0.223 e.